The van der Waals surface area contributed by atoms with E-state index < -0.39 is 0 Å². The Labute approximate surface area is 189 Å². The number of nitrogens with zero attached hydrogens (tertiary/aromatic N) is 5. The smallest absolute Gasteiger partial charge is 0.276 e. The van der Waals surface area contributed by atoms with Gasteiger partial charge in [0.15, 0.2) is 5.69 Å². The summed E-state index contributed by atoms with van der Waals surface area (Å²) < 4.78 is 6.96. The number of aryl methyl sites for hydroxylation is 1. The van der Waals surface area contributed by atoms with Gasteiger partial charge in [0.05, 0.1) is 27.8 Å². The molecule has 4 rings (SSSR count). The molecule has 0 N–H and O–H groups in total. The summed E-state index contributed by atoms with van der Waals surface area (Å²) in [5.41, 5.74) is 2.14. The Kier molecular flexibility index (Phi) is 6.34. The first kappa shape index (κ1) is 21.2. The highest BCUT2D eigenvalue weighted by molar-refractivity contribution is 6.42. The normalized spacial score (nSPS) is 15.0. The first-order valence-corrected chi connectivity index (χ1v) is 10.6. The van der Waals surface area contributed by atoms with Crippen LogP contribution >= 0.6 is 34.8 Å². The van der Waals surface area contributed by atoms with Gasteiger partial charge in [-0.1, -0.05) is 46.0 Å². The van der Waals surface area contributed by atoms with Crippen LogP contribution in [0.1, 0.15) is 27.4 Å². The zero-order chi connectivity index (χ0) is 21.3. The van der Waals surface area contributed by atoms with Gasteiger partial charge in [-0.2, -0.15) is 5.10 Å². The maximum absolute atomic E-state index is 13.1. The number of amides is 1. The molecule has 0 saturated carbocycles. The van der Waals surface area contributed by atoms with Crippen molar-refractivity contribution >= 4 is 40.7 Å². The van der Waals surface area contributed by atoms with E-state index in [2.05, 4.69) is 15.2 Å². The Hall–Kier alpha value is -2.06. The Balaban J connectivity index is 1.39. The van der Waals surface area contributed by atoms with Crippen molar-refractivity contribution in [2.24, 2.45) is 0 Å². The Morgan fingerprint density at radius 3 is 2.53 bits per heavy atom. The fourth-order valence-electron chi connectivity index (χ4n) is 3.49. The zero-order valence-electron chi connectivity index (χ0n) is 16.3. The van der Waals surface area contributed by atoms with E-state index in [4.69, 9.17) is 39.3 Å². The maximum Gasteiger partial charge on any atom is 0.276 e. The second kappa shape index (κ2) is 8.98. The van der Waals surface area contributed by atoms with Gasteiger partial charge in [0.2, 0.25) is 0 Å². The number of piperazine rings is 1. The lowest BCUT2D eigenvalue weighted by atomic mass is 10.1. The maximum atomic E-state index is 13.1. The van der Waals surface area contributed by atoms with Crippen LogP contribution in [0.3, 0.4) is 0 Å². The molecule has 3 heterocycles. The summed E-state index contributed by atoms with van der Waals surface area (Å²) in [5, 5.41) is 9.83. The molecule has 1 saturated heterocycles. The molecule has 2 aromatic heterocycles. The fourth-order valence-corrected chi connectivity index (χ4v) is 3.96. The van der Waals surface area contributed by atoms with E-state index in [1.54, 1.807) is 30.1 Å². The minimum atomic E-state index is -0.130. The minimum Gasteiger partial charge on any atom is -0.361 e. The van der Waals surface area contributed by atoms with Gasteiger partial charge < -0.3 is 9.42 Å². The Bertz CT molecular complexity index is 1060. The van der Waals surface area contributed by atoms with Crippen molar-refractivity contribution in [2.45, 2.75) is 20.0 Å². The van der Waals surface area contributed by atoms with E-state index in [0.717, 1.165) is 30.8 Å². The van der Waals surface area contributed by atoms with Crippen molar-refractivity contribution in [1.29, 1.82) is 0 Å². The molecule has 0 unspecified atom stereocenters. The second-order valence-corrected chi connectivity index (χ2v) is 8.49. The molecule has 158 valence electrons. The summed E-state index contributed by atoms with van der Waals surface area (Å²) in [4.78, 5) is 17.2. The number of halogens is 3. The van der Waals surface area contributed by atoms with Crippen molar-refractivity contribution in [1.82, 2.24) is 24.7 Å². The van der Waals surface area contributed by atoms with Crippen molar-refractivity contribution in [3.05, 3.63) is 68.2 Å². The lowest BCUT2D eigenvalue weighted by Gasteiger charge is -2.34. The third kappa shape index (κ3) is 4.64. The van der Waals surface area contributed by atoms with Gasteiger partial charge in [-0.15, -0.1) is 0 Å². The van der Waals surface area contributed by atoms with E-state index in [9.17, 15) is 4.79 Å². The third-order valence-electron chi connectivity index (χ3n) is 5.16. The van der Waals surface area contributed by atoms with Gasteiger partial charge >= 0.3 is 0 Å². The molecule has 1 fully saturated rings. The average Bonchev–Trinajstić information content (AvgIpc) is 3.31. The molecule has 1 aliphatic heterocycles. The molecule has 1 aliphatic rings. The molecule has 0 radical (unpaired) electrons. The third-order valence-corrected chi connectivity index (χ3v) is 6.09. The quantitative estimate of drug-likeness (QED) is 0.563. The van der Waals surface area contributed by atoms with Crippen LogP contribution in [0.2, 0.25) is 15.1 Å². The number of rotatable bonds is 5. The van der Waals surface area contributed by atoms with Crippen molar-refractivity contribution in [3.63, 3.8) is 0 Å². The second-order valence-electron chi connectivity index (χ2n) is 7.24. The number of aromatic nitrogens is 3. The molecule has 0 aliphatic carbocycles. The predicted octanol–water partition coefficient (Wildman–Crippen LogP) is 4.15. The van der Waals surface area contributed by atoms with E-state index in [1.807, 2.05) is 17.0 Å². The standard InChI is InChI=1S/C20H20Cl3N5O2/c1-13-16(12-28-11-15(21)9-24-28)19(25-30-13)20(29)27-6-4-26(5-7-27)10-14-2-3-17(22)18(23)8-14/h2-3,8-9,11H,4-7,10,12H2,1H3. The van der Waals surface area contributed by atoms with Crippen LogP contribution in [0.25, 0.3) is 0 Å². The molecule has 1 aromatic carbocycles. The Morgan fingerprint density at radius 1 is 1.10 bits per heavy atom. The fraction of sp³-hybridized carbons (Fsp3) is 0.350. The lowest BCUT2D eigenvalue weighted by molar-refractivity contribution is 0.0617. The van der Waals surface area contributed by atoms with Crippen LogP contribution in [0.4, 0.5) is 0 Å². The molecular weight excluding hydrogens is 449 g/mol. The molecule has 0 spiro atoms. The van der Waals surface area contributed by atoms with Crippen LogP contribution in [-0.2, 0) is 13.1 Å². The van der Waals surface area contributed by atoms with Gasteiger partial charge in [-0.05, 0) is 24.6 Å². The minimum absolute atomic E-state index is 0.130. The lowest BCUT2D eigenvalue weighted by Crippen LogP contribution is -2.48. The van der Waals surface area contributed by atoms with Gasteiger partial charge in [0, 0.05) is 44.5 Å². The van der Waals surface area contributed by atoms with Crippen molar-refractivity contribution < 1.29 is 9.32 Å². The number of benzene rings is 1. The summed E-state index contributed by atoms with van der Waals surface area (Å²) in [5.74, 6) is 0.470. The van der Waals surface area contributed by atoms with E-state index in [0.29, 0.717) is 46.2 Å². The predicted molar refractivity (Wildman–Crippen MR) is 115 cm³/mol. The molecule has 0 bridgehead atoms. The van der Waals surface area contributed by atoms with E-state index in [-0.39, 0.29) is 5.91 Å². The van der Waals surface area contributed by atoms with Crippen LogP contribution in [0.5, 0.6) is 0 Å². The molecule has 1 amide bonds. The molecule has 0 atom stereocenters. The summed E-state index contributed by atoms with van der Waals surface area (Å²) in [6, 6.07) is 5.66. The number of carbonyl (C=O) groups is 1. The summed E-state index contributed by atoms with van der Waals surface area (Å²) in [6.45, 7) is 5.66. The number of hydrogen-bond acceptors (Lipinski definition) is 5. The molecular formula is C20H20Cl3N5O2. The highest BCUT2D eigenvalue weighted by Gasteiger charge is 2.28. The summed E-state index contributed by atoms with van der Waals surface area (Å²) in [6.07, 6.45) is 3.25. The van der Waals surface area contributed by atoms with E-state index in [1.165, 1.54) is 0 Å². The van der Waals surface area contributed by atoms with Crippen LogP contribution in [-0.4, -0.2) is 56.8 Å². The first-order valence-electron chi connectivity index (χ1n) is 9.49. The highest BCUT2D eigenvalue weighted by atomic mass is 35.5. The van der Waals surface area contributed by atoms with Crippen LogP contribution in [0, 0.1) is 6.92 Å². The summed E-state index contributed by atoms with van der Waals surface area (Å²) in [7, 11) is 0. The number of hydrogen-bond donors (Lipinski definition) is 0. The van der Waals surface area contributed by atoms with Crippen molar-refractivity contribution in [3.8, 4) is 0 Å². The number of carbonyl (C=O) groups excluding carboxylic acids is 1. The van der Waals surface area contributed by atoms with Gasteiger partial charge in [0.25, 0.3) is 5.91 Å². The monoisotopic (exact) mass is 467 g/mol. The largest absolute Gasteiger partial charge is 0.361 e. The zero-order valence-corrected chi connectivity index (χ0v) is 18.6. The van der Waals surface area contributed by atoms with Crippen LogP contribution in [0.15, 0.2) is 35.1 Å². The van der Waals surface area contributed by atoms with Gasteiger partial charge in [-0.25, -0.2) is 0 Å². The van der Waals surface area contributed by atoms with Gasteiger partial charge in [-0.3, -0.25) is 14.4 Å². The Morgan fingerprint density at radius 2 is 1.87 bits per heavy atom. The highest BCUT2D eigenvalue weighted by Crippen LogP contribution is 2.24. The molecule has 3 aromatic rings. The summed E-state index contributed by atoms with van der Waals surface area (Å²) >= 11 is 18.0. The van der Waals surface area contributed by atoms with E-state index >= 15 is 0 Å². The average molecular weight is 469 g/mol. The van der Waals surface area contributed by atoms with Crippen LogP contribution < -0.4 is 0 Å². The molecule has 10 heteroatoms. The SMILES string of the molecule is Cc1onc(C(=O)N2CCN(Cc3ccc(Cl)c(Cl)c3)CC2)c1Cn1cc(Cl)cn1. The molecule has 7 nitrogen and oxygen atoms in total. The van der Waals surface area contributed by atoms with Crippen molar-refractivity contribution in [2.75, 3.05) is 26.2 Å². The van der Waals surface area contributed by atoms with Gasteiger partial charge in [0.1, 0.15) is 5.76 Å². The molecule has 30 heavy (non-hydrogen) atoms. The first-order chi connectivity index (χ1) is 14.4. The topological polar surface area (TPSA) is 67.4 Å².